The summed E-state index contributed by atoms with van der Waals surface area (Å²) in [6, 6.07) is 1.83. The molecule has 4 rings (SSSR count). The summed E-state index contributed by atoms with van der Waals surface area (Å²) in [6.07, 6.45) is 5.72. The average molecular weight is 363 g/mol. The number of hydrogen-bond acceptors (Lipinski definition) is 5. The Labute approximate surface area is 150 Å². The first kappa shape index (κ1) is 16.4. The molecular weight excluding hydrogens is 343 g/mol. The summed E-state index contributed by atoms with van der Waals surface area (Å²) in [4.78, 5) is 11.6. The number of rotatable bonds is 4. The summed E-state index contributed by atoms with van der Waals surface area (Å²) >= 11 is 6.05. The van der Waals surface area contributed by atoms with Crippen LogP contribution in [0.2, 0.25) is 5.02 Å². The molecule has 0 spiro atoms. The van der Waals surface area contributed by atoms with Gasteiger partial charge in [0.05, 0.1) is 11.6 Å². The molecule has 2 aliphatic rings. The Kier molecular flexibility index (Phi) is 4.59. The van der Waals surface area contributed by atoms with Crippen LogP contribution in [-0.2, 0) is 0 Å². The van der Waals surface area contributed by atoms with Gasteiger partial charge in [-0.2, -0.15) is 0 Å². The number of fused-ring (bicyclic) bond motifs is 1. The fraction of sp³-hybridized carbons (Fsp3) is 0.412. The molecule has 4 N–H and O–H groups in total. The van der Waals surface area contributed by atoms with Crippen LogP contribution in [0.5, 0.6) is 0 Å². The van der Waals surface area contributed by atoms with Gasteiger partial charge in [0.2, 0.25) is 0 Å². The van der Waals surface area contributed by atoms with Gasteiger partial charge in [0, 0.05) is 29.9 Å². The standard InChI is InChI=1S/C17H20ClFN6/c18-11-4-12-13(8-23-15(12)22-7-11)16-24-9-14(19)17(25-16)21-6-10-2-1-3-20-5-10/h4,7-8,10,20-21H,1-3,5-6,9H2,(H,22,23)(H,24,25)/t10-/m0/s1. The van der Waals surface area contributed by atoms with E-state index in [2.05, 4.69) is 30.9 Å². The Morgan fingerprint density at radius 3 is 3.16 bits per heavy atom. The number of aromatic nitrogens is 2. The van der Waals surface area contributed by atoms with Crippen molar-refractivity contribution < 1.29 is 4.39 Å². The smallest absolute Gasteiger partial charge is 0.162 e. The van der Waals surface area contributed by atoms with E-state index in [4.69, 9.17) is 11.6 Å². The maximum absolute atomic E-state index is 14.2. The van der Waals surface area contributed by atoms with Gasteiger partial charge in [-0.05, 0) is 37.9 Å². The summed E-state index contributed by atoms with van der Waals surface area (Å²) in [5.74, 6) is 1.25. The van der Waals surface area contributed by atoms with Crippen molar-refractivity contribution in [2.45, 2.75) is 12.8 Å². The van der Waals surface area contributed by atoms with E-state index >= 15 is 0 Å². The third-order valence-corrected chi connectivity index (χ3v) is 4.82. The summed E-state index contributed by atoms with van der Waals surface area (Å²) in [5.41, 5.74) is 1.55. The lowest BCUT2D eigenvalue weighted by molar-refractivity contribution is 0.365. The van der Waals surface area contributed by atoms with Crippen molar-refractivity contribution in [2.75, 3.05) is 26.2 Å². The largest absolute Gasteiger partial charge is 0.369 e. The van der Waals surface area contributed by atoms with Gasteiger partial charge in [0.15, 0.2) is 5.83 Å². The molecule has 25 heavy (non-hydrogen) atoms. The summed E-state index contributed by atoms with van der Waals surface area (Å²) < 4.78 is 14.2. The molecule has 2 aromatic rings. The highest BCUT2D eigenvalue weighted by molar-refractivity contribution is 6.31. The van der Waals surface area contributed by atoms with Crippen molar-refractivity contribution >= 4 is 28.5 Å². The number of piperidine rings is 1. The number of pyridine rings is 1. The van der Waals surface area contributed by atoms with Gasteiger partial charge in [-0.1, -0.05) is 11.6 Å². The topological polar surface area (TPSA) is 77.1 Å². The number of nitrogens with zero attached hydrogens (tertiary/aromatic N) is 2. The molecule has 0 aromatic carbocycles. The normalized spacial score (nSPS) is 21.2. The summed E-state index contributed by atoms with van der Waals surface area (Å²) in [6.45, 7) is 2.79. The van der Waals surface area contributed by atoms with E-state index in [1.165, 1.54) is 0 Å². The predicted octanol–water partition coefficient (Wildman–Crippen LogP) is 2.29. The number of amidine groups is 1. The second-order valence-corrected chi connectivity index (χ2v) is 6.85. The number of aliphatic imine (C=N–C) groups is 1. The molecular formula is C17H20ClFN6. The number of nitrogens with one attached hydrogen (secondary N) is 4. The quantitative estimate of drug-likeness (QED) is 0.673. The molecule has 6 nitrogen and oxygen atoms in total. The highest BCUT2D eigenvalue weighted by Crippen LogP contribution is 2.22. The fourth-order valence-electron chi connectivity index (χ4n) is 3.26. The van der Waals surface area contributed by atoms with Gasteiger partial charge in [-0.15, -0.1) is 0 Å². The monoisotopic (exact) mass is 362 g/mol. The van der Waals surface area contributed by atoms with Crippen LogP contribution in [-0.4, -0.2) is 42.0 Å². The zero-order valence-corrected chi connectivity index (χ0v) is 14.5. The molecule has 0 unspecified atom stereocenters. The first-order valence-electron chi connectivity index (χ1n) is 8.48. The van der Waals surface area contributed by atoms with E-state index in [1.807, 2.05) is 12.3 Å². The Morgan fingerprint density at radius 2 is 2.32 bits per heavy atom. The van der Waals surface area contributed by atoms with E-state index in [1.54, 1.807) is 6.20 Å². The highest BCUT2D eigenvalue weighted by atomic mass is 35.5. The molecule has 8 heteroatoms. The van der Waals surface area contributed by atoms with Crippen molar-refractivity contribution in [1.82, 2.24) is 25.9 Å². The number of hydrogen-bond donors (Lipinski definition) is 4. The Hall–Kier alpha value is -2.12. The molecule has 1 saturated heterocycles. The van der Waals surface area contributed by atoms with Gasteiger partial charge < -0.3 is 20.9 Å². The zero-order valence-electron chi connectivity index (χ0n) is 13.7. The van der Waals surface area contributed by atoms with Gasteiger partial charge in [-0.3, -0.25) is 4.99 Å². The van der Waals surface area contributed by atoms with E-state index in [0.717, 1.165) is 49.1 Å². The summed E-state index contributed by atoms with van der Waals surface area (Å²) in [7, 11) is 0. The second kappa shape index (κ2) is 7.01. The van der Waals surface area contributed by atoms with Crippen molar-refractivity contribution in [3.8, 4) is 0 Å². The molecule has 132 valence electrons. The van der Waals surface area contributed by atoms with Crippen LogP contribution in [0, 0.1) is 5.92 Å². The van der Waals surface area contributed by atoms with Gasteiger partial charge in [0.25, 0.3) is 0 Å². The van der Waals surface area contributed by atoms with Crippen LogP contribution in [0.25, 0.3) is 11.0 Å². The lowest BCUT2D eigenvalue weighted by atomic mass is 10.00. The van der Waals surface area contributed by atoms with E-state index in [9.17, 15) is 4.39 Å². The van der Waals surface area contributed by atoms with Gasteiger partial charge in [0.1, 0.15) is 17.3 Å². The minimum Gasteiger partial charge on any atom is -0.369 e. The van der Waals surface area contributed by atoms with E-state index < -0.39 is 0 Å². The zero-order chi connectivity index (χ0) is 17.2. The molecule has 0 saturated carbocycles. The minimum atomic E-state index is -0.275. The maximum atomic E-state index is 14.2. The molecule has 1 fully saturated rings. The molecule has 0 aliphatic carbocycles. The van der Waals surface area contributed by atoms with Crippen molar-refractivity contribution in [2.24, 2.45) is 10.9 Å². The van der Waals surface area contributed by atoms with Crippen LogP contribution in [0.4, 0.5) is 4.39 Å². The maximum Gasteiger partial charge on any atom is 0.162 e. The van der Waals surface area contributed by atoms with Gasteiger partial charge >= 0.3 is 0 Å². The summed E-state index contributed by atoms with van der Waals surface area (Å²) in [5, 5.41) is 11.1. The molecule has 2 aliphatic heterocycles. The fourth-order valence-corrected chi connectivity index (χ4v) is 3.42. The van der Waals surface area contributed by atoms with Crippen LogP contribution in [0.3, 0.4) is 0 Å². The lowest BCUT2D eigenvalue weighted by Crippen LogP contribution is -2.41. The molecule has 1 atom stereocenters. The SMILES string of the molecule is FC1=C(NC[C@H]2CCCNC2)NC(c2c[nH]c3ncc(Cl)cc23)=NC1. The third-order valence-electron chi connectivity index (χ3n) is 4.61. The van der Waals surface area contributed by atoms with E-state index in [0.29, 0.717) is 22.6 Å². The molecule has 4 heterocycles. The Bertz CT molecular complexity index is 837. The number of halogens is 2. The lowest BCUT2D eigenvalue weighted by Gasteiger charge is -2.26. The predicted molar refractivity (Wildman–Crippen MR) is 97.4 cm³/mol. The average Bonchev–Trinajstić information content (AvgIpc) is 3.05. The van der Waals surface area contributed by atoms with Crippen LogP contribution < -0.4 is 16.0 Å². The van der Waals surface area contributed by atoms with Crippen LogP contribution in [0.15, 0.2) is 35.1 Å². The van der Waals surface area contributed by atoms with E-state index in [-0.39, 0.29) is 12.4 Å². The molecule has 0 amide bonds. The number of H-pyrrole nitrogens is 1. The van der Waals surface area contributed by atoms with Crippen LogP contribution in [0.1, 0.15) is 18.4 Å². The van der Waals surface area contributed by atoms with Gasteiger partial charge in [-0.25, -0.2) is 9.37 Å². The highest BCUT2D eigenvalue weighted by Gasteiger charge is 2.20. The minimum absolute atomic E-state index is 0.0221. The molecule has 0 bridgehead atoms. The first-order chi connectivity index (χ1) is 12.2. The van der Waals surface area contributed by atoms with Crippen molar-refractivity contribution in [3.05, 3.63) is 40.7 Å². The Morgan fingerprint density at radius 1 is 1.40 bits per heavy atom. The first-order valence-corrected chi connectivity index (χ1v) is 8.86. The Balaban J connectivity index is 1.49. The third kappa shape index (κ3) is 3.48. The molecule has 0 radical (unpaired) electrons. The molecule has 2 aromatic heterocycles. The van der Waals surface area contributed by atoms with Crippen molar-refractivity contribution in [1.29, 1.82) is 0 Å². The van der Waals surface area contributed by atoms with Crippen molar-refractivity contribution in [3.63, 3.8) is 0 Å². The number of aromatic amines is 1. The van der Waals surface area contributed by atoms with Crippen LogP contribution >= 0.6 is 11.6 Å². The second-order valence-electron chi connectivity index (χ2n) is 6.42.